The van der Waals surface area contributed by atoms with Crippen LogP contribution in [-0.2, 0) is 4.79 Å². The minimum Gasteiger partial charge on any atom is -0.368 e. The van der Waals surface area contributed by atoms with Crippen LogP contribution in [0.3, 0.4) is 0 Å². The van der Waals surface area contributed by atoms with E-state index in [2.05, 4.69) is 4.90 Å². The van der Waals surface area contributed by atoms with E-state index < -0.39 is 17.7 Å². The topological polar surface area (TPSA) is 23.6 Å². The number of hydrogen-bond acceptors (Lipinski definition) is 2. The van der Waals surface area contributed by atoms with Gasteiger partial charge in [-0.15, -0.1) is 0 Å². The summed E-state index contributed by atoms with van der Waals surface area (Å²) in [6.07, 6.45) is -3.89. The van der Waals surface area contributed by atoms with Gasteiger partial charge in [-0.1, -0.05) is 41.9 Å². The van der Waals surface area contributed by atoms with Crippen molar-refractivity contribution >= 4 is 28.8 Å². The first-order valence-corrected chi connectivity index (χ1v) is 8.86. The Balaban J connectivity index is 1.70. The summed E-state index contributed by atoms with van der Waals surface area (Å²) < 4.78 is 40.2. The number of allylic oxidation sites excluding steroid dienone is 1. The van der Waals surface area contributed by atoms with Gasteiger partial charge in [0.15, 0.2) is 0 Å². The van der Waals surface area contributed by atoms with Crippen LogP contribution >= 0.6 is 11.6 Å². The largest absolute Gasteiger partial charge is 0.417 e. The number of halogens is 4. The van der Waals surface area contributed by atoms with Crippen LogP contribution < -0.4 is 4.90 Å². The lowest BCUT2D eigenvalue weighted by atomic mass is 10.0. The predicted octanol–water partition coefficient (Wildman–Crippen LogP) is 4.63. The fourth-order valence-electron chi connectivity index (χ4n) is 3.00. The molecule has 1 fully saturated rings. The number of amides is 1. The first kappa shape index (κ1) is 19.3. The Labute approximate surface area is 160 Å². The minimum absolute atomic E-state index is 0.0156. The van der Waals surface area contributed by atoms with Crippen LogP contribution in [0.25, 0.3) is 5.57 Å². The summed E-state index contributed by atoms with van der Waals surface area (Å²) in [6, 6.07) is 14.7. The van der Waals surface area contributed by atoms with Crippen LogP contribution in [-0.4, -0.2) is 43.2 Å². The van der Waals surface area contributed by atoms with Crippen molar-refractivity contribution in [2.24, 2.45) is 0 Å². The third kappa shape index (κ3) is 4.83. The van der Waals surface area contributed by atoms with Crippen LogP contribution in [0.2, 0.25) is 5.02 Å². The normalized spacial score (nSPS) is 15.8. The number of anilines is 1. The highest BCUT2D eigenvalue weighted by atomic mass is 35.5. The van der Waals surface area contributed by atoms with Gasteiger partial charge in [0.1, 0.15) is 0 Å². The maximum Gasteiger partial charge on any atom is 0.417 e. The van der Waals surface area contributed by atoms with Gasteiger partial charge in [-0.25, -0.2) is 0 Å². The lowest BCUT2D eigenvalue weighted by molar-refractivity contribution is -0.126. The molecule has 0 N–H and O–H groups in total. The standard InChI is InChI=1S/C20H18ClF3N2O/c21-16-6-8-17(9-7-16)25-10-12-26(13-11-25)19(27)14-18(20(22,23)24)15-4-2-1-3-5-15/h1-9,14H,10-13H2/b18-14+. The zero-order chi connectivity index (χ0) is 19.4. The van der Waals surface area contributed by atoms with Gasteiger partial charge in [0.2, 0.25) is 5.91 Å². The van der Waals surface area contributed by atoms with Gasteiger partial charge in [0.25, 0.3) is 0 Å². The van der Waals surface area contributed by atoms with Crippen molar-refractivity contribution in [1.82, 2.24) is 4.90 Å². The highest BCUT2D eigenvalue weighted by molar-refractivity contribution is 6.30. The summed E-state index contributed by atoms with van der Waals surface area (Å²) in [5, 5.41) is 0.637. The molecule has 0 aliphatic carbocycles. The summed E-state index contributed by atoms with van der Waals surface area (Å²) in [5.74, 6) is -0.623. The highest BCUT2D eigenvalue weighted by Crippen LogP contribution is 2.34. The lowest BCUT2D eigenvalue weighted by Gasteiger charge is -2.35. The summed E-state index contributed by atoms with van der Waals surface area (Å²) in [7, 11) is 0. The molecule has 0 bridgehead atoms. The molecule has 3 nitrogen and oxygen atoms in total. The van der Waals surface area contributed by atoms with Gasteiger partial charge >= 0.3 is 6.18 Å². The molecule has 1 aliphatic heterocycles. The van der Waals surface area contributed by atoms with Crippen LogP contribution in [0.4, 0.5) is 18.9 Å². The molecule has 0 atom stereocenters. The van der Waals surface area contributed by atoms with Gasteiger partial charge in [-0.2, -0.15) is 13.2 Å². The Morgan fingerprint density at radius 2 is 1.52 bits per heavy atom. The lowest BCUT2D eigenvalue weighted by Crippen LogP contribution is -2.48. The van der Waals surface area contributed by atoms with Gasteiger partial charge in [-0.3, -0.25) is 4.79 Å². The van der Waals surface area contributed by atoms with Crippen molar-refractivity contribution < 1.29 is 18.0 Å². The Morgan fingerprint density at radius 3 is 2.07 bits per heavy atom. The van der Waals surface area contributed by atoms with Crippen LogP contribution in [0, 0.1) is 0 Å². The monoisotopic (exact) mass is 394 g/mol. The van der Waals surface area contributed by atoms with Crippen molar-refractivity contribution in [1.29, 1.82) is 0 Å². The Bertz CT molecular complexity index is 811. The number of hydrogen-bond donors (Lipinski definition) is 0. The maximum absolute atomic E-state index is 13.4. The SMILES string of the molecule is O=C(/C=C(\c1ccccc1)C(F)(F)F)N1CCN(c2ccc(Cl)cc2)CC1. The van der Waals surface area contributed by atoms with Crippen molar-refractivity contribution in [3.63, 3.8) is 0 Å². The number of nitrogens with zero attached hydrogens (tertiary/aromatic N) is 2. The molecular weight excluding hydrogens is 377 g/mol. The molecule has 0 spiro atoms. The van der Waals surface area contributed by atoms with Crippen LogP contribution in [0.5, 0.6) is 0 Å². The predicted molar refractivity (Wildman–Crippen MR) is 101 cm³/mol. The summed E-state index contributed by atoms with van der Waals surface area (Å²) in [6.45, 7) is 1.82. The quantitative estimate of drug-likeness (QED) is 0.708. The fourth-order valence-corrected chi connectivity index (χ4v) is 3.12. The number of rotatable bonds is 3. The van der Waals surface area contributed by atoms with E-state index in [1.54, 1.807) is 18.2 Å². The van der Waals surface area contributed by atoms with Crippen molar-refractivity contribution in [2.75, 3.05) is 31.1 Å². The van der Waals surface area contributed by atoms with E-state index in [1.165, 1.54) is 29.2 Å². The molecule has 1 aliphatic rings. The van der Waals surface area contributed by atoms with E-state index in [-0.39, 0.29) is 5.56 Å². The average Bonchev–Trinajstić information content (AvgIpc) is 2.66. The molecule has 0 unspecified atom stereocenters. The van der Waals surface area contributed by atoms with E-state index >= 15 is 0 Å². The molecule has 142 valence electrons. The Hall–Kier alpha value is -2.47. The third-order valence-electron chi connectivity index (χ3n) is 4.44. The zero-order valence-corrected chi connectivity index (χ0v) is 15.2. The molecule has 1 saturated heterocycles. The number of carbonyl (C=O) groups excluding carboxylic acids is 1. The molecule has 0 aromatic heterocycles. The van der Waals surface area contributed by atoms with Crippen LogP contribution in [0.1, 0.15) is 5.56 Å². The highest BCUT2D eigenvalue weighted by Gasteiger charge is 2.36. The van der Waals surface area contributed by atoms with Crippen molar-refractivity contribution in [3.8, 4) is 0 Å². The molecule has 0 saturated carbocycles. The van der Waals surface area contributed by atoms with Crippen molar-refractivity contribution in [3.05, 3.63) is 71.3 Å². The first-order valence-electron chi connectivity index (χ1n) is 8.48. The van der Waals surface area contributed by atoms with Crippen molar-refractivity contribution in [2.45, 2.75) is 6.18 Å². The first-order chi connectivity index (χ1) is 12.8. The third-order valence-corrected chi connectivity index (χ3v) is 4.69. The van der Waals surface area contributed by atoms with E-state index in [4.69, 9.17) is 11.6 Å². The molecule has 1 heterocycles. The second-order valence-corrected chi connectivity index (χ2v) is 6.65. The van der Waals surface area contributed by atoms with E-state index in [9.17, 15) is 18.0 Å². The number of benzene rings is 2. The van der Waals surface area contributed by atoms with E-state index in [1.807, 2.05) is 12.1 Å². The smallest absolute Gasteiger partial charge is 0.368 e. The van der Waals surface area contributed by atoms with Crippen LogP contribution in [0.15, 0.2) is 60.7 Å². The molecule has 7 heteroatoms. The Morgan fingerprint density at radius 1 is 0.926 bits per heavy atom. The maximum atomic E-state index is 13.4. The van der Waals surface area contributed by atoms with Gasteiger partial charge in [0, 0.05) is 43.0 Å². The molecular formula is C20H18ClF3N2O. The van der Waals surface area contributed by atoms with Gasteiger partial charge < -0.3 is 9.80 Å². The number of carbonyl (C=O) groups is 1. The molecule has 3 rings (SSSR count). The molecule has 2 aromatic rings. The summed E-state index contributed by atoms with van der Waals surface area (Å²) in [4.78, 5) is 16.0. The number of alkyl halides is 3. The second kappa shape index (κ2) is 8.05. The number of piperazine rings is 1. The molecule has 27 heavy (non-hydrogen) atoms. The zero-order valence-electron chi connectivity index (χ0n) is 14.4. The Kier molecular flexibility index (Phi) is 5.75. The molecule has 2 aromatic carbocycles. The average molecular weight is 395 g/mol. The van der Waals surface area contributed by atoms with E-state index in [0.29, 0.717) is 37.3 Å². The minimum atomic E-state index is -4.60. The summed E-state index contributed by atoms with van der Waals surface area (Å²) in [5.41, 5.74) is 0.0358. The van der Waals surface area contributed by atoms with E-state index in [0.717, 1.165) is 5.69 Å². The molecule has 1 amide bonds. The summed E-state index contributed by atoms with van der Waals surface area (Å²) >= 11 is 5.88. The second-order valence-electron chi connectivity index (χ2n) is 6.21. The van der Waals surface area contributed by atoms with Gasteiger partial charge in [0.05, 0.1) is 5.57 Å². The molecule has 0 radical (unpaired) electrons. The fraction of sp³-hybridized carbons (Fsp3) is 0.250. The van der Waals surface area contributed by atoms with Gasteiger partial charge in [-0.05, 0) is 29.8 Å².